The van der Waals surface area contributed by atoms with Crippen LogP contribution in [-0.2, 0) is 4.79 Å². The zero-order valence-corrected chi connectivity index (χ0v) is 13.3. The zero-order valence-electron chi connectivity index (χ0n) is 12.5. The molecular weight excluding hydrogens is 284 g/mol. The highest BCUT2D eigenvalue weighted by atomic mass is 32.2. The molecule has 2 saturated heterocycles. The molecule has 1 atom stereocenters. The Labute approximate surface area is 130 Å². The number of hydrogen-bond donors (Lipinski definition) is 0. The van der Waals surface area contributed by atoms with Gasteiger partial charge >= 0.3 is 0 Å². The van der Waals surface area contributed by atoms with Gasteiger partial charge in [0.25, 0.3) is 0 Å². The SMILES string of the molecule is CSc1nccc(N2CCC(C(=O)N3CCCCC3)C2)n1. The molecule has 3 heterocycles. The van der Waals surface area contributed by atoms with Crippen LogP contribution in [0.2, 0.25) is 0 Å². The Kier molecular flexibility index (Phi) is 4.63. The maximum Gasteiger partial charge on any atom is 0.227 e. The molecule has 2 fully saturated rings. The van der Waals surface area contributed by atoms with Gasteiger partial charge in [-0.2, -0.15) is 0 Å². The maximum atomic E-state index is 12.6. The predicted octanol–water partition coefficient (Wildman–Crippen LogP) is 2.04. The van der Waals surface area contributed by atoms with E-state index in [-0.39, 0.29) is 5.92 Å². The van der Waals surface area contributed by atoms with Crippen molar-refractivity contribution in [3.63, 3.8) is 0 Å². The van der Waals surface area contributed by atoms with Crippen molar-refractivity contribution in [1.29, 1.82) is 0 Å². The summed E-state index contributed by atoms with van der Waals surface area (Å²) >= 11 is 1.55. The van der Waals surface area contributed by atoms with Gasteiger partial charge in [-0.1, -0.05) is 11.8 Å². The number of nitrogens with zero attached hydrogens (tertiary/aromatic N) is 4. The summed E-state index contributed by atoms with van der Waals surface area (Å²) in [4.78, 5) is 25.6. The topological polar surface area (TPSA) is 49.3 Å². The van der Waals surface area contributed by atoms with Crippen molar-refractivity contribution in [2.24, 2.45) is 5.92 Å². The Hall–Kier alpha value is -1.30. The minimum Gasteiger partial charge on any atom is -0.356 e. The second kappa shape index (κ2) is 6.64. The summed E-state index contributed by atoms with van der Waals surface area (Å²) in [5.74, 6) is 1.43. The van der Waals surface area contributed by atoms with Gasteiger partial charge in [-0.15, -0.1) is 0 Å². The number of rotatable bonds is 3. The zero-order chi connectivity index (χ0) is 14.7. The van der Waals surface area contributed by atoms with Gasteiger partial charge in [0.1, 0.15) is 5.82 Å². The summed E-state index contributed by atoms with van der Waals surface area (Å²) in [7, 11) is 0. The first-order chi connectivity index (χ1) is 10.3. The molecule has 21 heavy (non-hydrogen) atoms. The number of amides is 1. The van der Waals surface area contributed by atoms with Crippen LogP contribution in [0.3, 0.4) is 0 Å². The van der Waals surface area contributed by atoms with E-state index in [2.05, 4.69) is 19.8 Å². The molecule has 3 rings (SSSR count). The number of thioether (sulfide) groups is 1. The van der Waals surface area contributed by atoms with Crippen LogP contribution >= 0.6 is 11.8 Å². The van der Waals surface area contributed by atoms with Crippen molar-refractivity contribution >= 4 is 23.5 Å². The molecule has 0 spiro atoms. The van der Waals surface area contributed by atoms with Gasteiger partial charge < -0.3 is 9.80 Å². The number of likely N-dealkylation sites (tertiary alicyclic amines) is 1. The fourth-order valence-corrected chi connectivity index (χ4v) is 3.50. The monoisotopic (exact) mass is 306 g/mol. The number of carbonyl (C=O) groups excluding carboxylic acids is 1. The normalized spacial score (nSPS) is 22.6. The molecule has 5 nitrogen and oxygen atoms in total. The molecule has 1 aromatic rings. The molecule has 0 aliphatic carbocycles. The highest BCUT2D eigenvalue weighted by Crippen LogP contribution is 2.25. The Morgan fingerprint density at radius 2 is 2.10 bits per heavy atom. The first kappa shape index (κ1) is 14.6. The summed E-state index contributed by atoms with van der Waals surface area (Å²) in [6.07, 6.45) is 8.29. The predicted molar refractivity (Wildman–Crippen MR) is 84.6 cm³/mol. The van der Waals surface area contributed by atoms with E-state index in [1.807, 2.05) is 12.3 Å². The van der Waals surface area contributed by atoms with E-state index in [4.69, 9.17) is 0 Å². The Balaban J connectivity index is 1.63. The summed E-state index contributed by atoms with van der Waals surface area (Å²) in [5.41, 5.74) is 0. The van der Waals surface area contributed by atoms with E-state index in [9.17, 15) is 4.79 Å². The van der Waals surface area contributed by atoms with Crippen LogP contribution in [0.25, 0.3) is 0 Å². The largest absolute Gasteiger partial charge is 0.356 e. The van der Waals surface area contributed by atoms with E-state index in [0.29, 0.717) is 5.91 Å². The number of hydrogen-bond acceptors (Lipinski definition) is 5. The molecule has 2 aliphatic rings. The Bertz CT molecular complexity index is 504. The number of piperidine rings is 1. The number of aromatic nitrogens is 2. The standard InChI is InChI=1S/C15H22N4OS/c1-21-15-16-7-5-13(17-15)19-10-6-12(11-19)14(20)18-8-3-2-4-9-18/h5,7,12H,2-4,6,8-11H2,1H3. The lowest BCUT2D eigenvalue weighted by molar-refractivity contribution is -0.135. The van der Waals surface area contributed by atoms with Crippen LogP contribution in [0.4, 0.5) is 5.82 Å². The van der Waals surface area contributed by atoms with E-state index in [1.165, 1.54) is 6.42 Å². The third-order valence-corrected chi connectivity index (χ3v) is 4.89. The van der Waals surface area contributed by atoms with Gasteiger partial charge in [0.05, 0.1) is 5.92 Å². The fraction of sp³-hybridized carbons (Fsp3) is 0.667. The van der Waals surface area contributed by atoms with E-state index < -0.39 is 0 Å². The molecule has 0 bridgehead atoms. The highest BCUT2D eigenvalue weighted by Gasteiger charge is 2.32. The van der Waals surface area contributed by atoms with Crippen LogP contribution < -0.4 is 4.90 Å². The average molecular weight is 306 g/mol. The molecule has 0 N–H and O–H groups in total. The lowest BCUT2D eigenvalue weighted by atomic mass is 10.0. The van der Waals surface area contributed by atoms with Crippen LogP contribution in [0.15, 0.2) is 17.4 Å². The highest BCUT2D eigenvalue weighted by molar-refractivity contribution is 7.98. The van der Waals surface area contributed by atoms with Crippen LogP contribution in [0.5, 0.6) is 0 Å². The van der Waals surface area contributed by atoms with Crippen LogP contribution in [0, 0.1) is 5.92 Å². The van der Waals surface area contributed by atoms with Crippen molar-refractivity contribution in [3.05, 3.63) is 12.3 Å². The van der Waals surface area contributed by atoms with Crippen molar-refractivity contribution in [1.82, 2.24) is 14.9 Å². The van der Waals surface area contributed by atoms with E-state index in [0.717, 1.165) is 56.4 Å². The molecule has 114 valence electrons. The summed E-state index contributed by atoms with van der Waals surface area (Å²) < 4.78 is 0. The van der Waals surface area contributed by atoms with Gasteiger partial charge in [-0.25, -0.2) is 9.97 Å². The Morgan fingerprint density at radius 3 is 2.86 bits per heavy atom. The van der Waals surface area contributed by atoms with Crippen molar-refractivity contribution in [2.75, 3.05) is 37.3 Å². The van der Waals surface area contributed by atoms with Crippen molar-refractivity contribution in [2.45, 2.75) is 30.8 Å². The van der Waals surface area contributed by atoms with Gasteiger partial charge in [-0.05, 0) is 38.0 Å². The molecule has 1 aromatic heterocycles. The lowest BCUT2D eigenvalue weighted by Gasteiger charge is -2.29. The molecule has 0 aromatic carbocycles. The van der Waals surface area contributed by atoms with Gasteiger partial charge in [0.15, 0.2) is 5.16 Å². The van der Waals surface area contributed by atoms with E-state index >= 15 is 0 Å². The molecule has 2 aliphatic heterocycles. The second-order valence-electron chi connectivity index (χ2n) is 5.72. The Morgan fingerprint density at radius 1 is 1.29 bits per heavy atom. The molecule has 0 saturated carbocycles. The maximum absolute atomic E-state index is 12.6. The minimum absolute atomic E-state index is 0.135. The number of carbonyl (C=O) groups is 1. The van der Waals surface area contributed by atoms with Gasteiger partial charge in [0, 0.05) is 32.4 Å². The van der Waals surface area contributed by atoms with Gasteiger partial charge in [0.2, 0.25) is 5.91 Å². The molecule has 1 amide bonds. The second-order valence-corrected chi connectivity index (χ2v) is 6.49. The third-order valence-electron chi connectivity index (χ3n) is 4.33. The van der Waals surface area contributed by atoms with Gasteiger partial charge in [-0.3, -0.25) is 4.79 Å². The summed E-state index contributed by atoms with van der Waals surface area (Å²) in [5, 5.41) is 0.790. The molecular formula is C15H22N4OS. The quantitative estimate of drug-likeness (QED) is 0.632. The molecule has 6 heteroatoms. The molecule has 1 unspecified atom stereocenters. The van der Waals surface area contributed by atoms with E-state index in [1.54, 1.807) is 18.0 Å². The average Bonchev–Trinajstić information content (AvgIpc) is 3.05. The summed E-state index contributed by atoms with van der Waals surface area (Å²) in [6, 6.07) is 1.94. The first-order valence-corrected chi connectivity index (χ1v) is 8.91. The number of anilines is 1. The smallest absolute Gasteiger partial charge is 0.227 e. The summed E-state index contributed by atoms with van der Waals surface area (Å²) in [6.45, 7) is 3.59. The fourth-order valence-electron chi connectivity index (χ4n) is 3.15. The lowest BCUT2D eigenvalue weighted by Crippen LogP contribution is -2.40. The van der Waals surface area contributed by atoms with Crippen LogP contribution in [-0.4, -0.2) is 53.2 Å². The van der Waals surface area contributed by atoms with Crippen molar-refractivity contribution < 1.29 is 4.79 Å². The third kappa shape index (κ3) is 3.31. The van der Waals surface area contributed by atoms with Crippen molar-refractivity contribution in [3.8, 4) is 0 Å². The van der Waals surface area contributed by atoms with Crippen LogP contribution in [0.1, 0.15) is 25.7 Å². The first-order valence-electron chi connectivity index (χ1n) is 7.68. The molecule has 0 radical (unpaired) electrons. The minimum atomic E-state index is 0.135.